The van der Waals surface area contributed by atoms with Crippen LogP contribution in [0.2, 0.25) is 0 Å². The number of nitrogens with one attached hydrogen (secondary N) is 1. The van der Waals surface area contributed by atoms with Gasteiger partial charge in [-0.1, -0.05) is 0 Å². The molecule has 0 aliphatic heterocycles. The number of aromatic nitrogens is 1. The van der Waals surface area contributed by atoms with Gasteiger partial charge in [-0.3, -0.25) is 0 Å². The highest BCUT2D eigenvalue weighted by Crippen LogP contribution is 2.30. The second-order valence-corrected chi connectivity index (χ2v) is 6.05. The molecule has 7 heteroatoms. The topological polar surface area (TPSA) is 24.9 Å². The molecule has 1 rings (SSSR count). The molecule has 1 N–H and O–H groups in total. The van der Waals surface area contributed by atoms with Gasteiger partial charge in [0.25, 0.3) is 0 Å². The number of aryl methyl sites for hydroxylation is 2. The van der Waals surface area contributed by atoms with E-state index >= 15 is 0 Å². The Hall–Kier alpha value is -0.270. The van der Waals surface area contributed by atoms with Crippen LogP contribution in [0, 0.1) is 13.8 Å². The zero-order chi connectivity index (χ0) is 13.1. The van der Waals surface area contributed by atoms with Crippen molar-refractivity contribution in [2.24, 2.45) is 0 Å². The molecular formula is C10H15F3N2S2. The van der Waals surface area contributed by atoms with Gasteiger partial charge < -0.3 is 5.32 Å². The summed E-state index contributed by atoms with van der Waals surface area (Å²) < 4.78 is 35.7. The fraction of sp³-hybridized carbons (Fsp3) is 0.700. The van der Waals surface area contributed by atoms with Gasteiger partial charge in [-0.25, -0.2) is 4.98 Å². The van der Waals surface area contributed by atoms with Crippen LogP contribution in [0.25, 0.3) is 0 Å². The Morgan fingerprint density at radius 2 is 2.06 bits per heavy atom. The summed E-state index contributed by atoms with van der Waals surface area (Å²) in [6.07, 6.45) is 0. The number of hydrogen-bond donors (Lipinski definition) is 1. The maximum atomic E-state index is 11.9. The molecule has 0 aliphatic carbocycles. The monoisotopic (exact) mass is 284 g/mol. The van der Waals surface area contributed by atoms with Crippen LogP contribution in [-0.2, 0) is 0 Å². The summed E-state index contributed by atoms with van der Waals surface area (Å²) >= 11 is 1.59. The summed E-state index contributed by atoms with van der Waals surface area (Å²) in [6, 6.07) is 0.0510. The molecule has 0 saturated heterocycles. The highest BCUT2D eigenvalue weighted by atomic mass is 32.2. The maximum Gasteiger partial charge on any atom is 0.441 e. The average Bonchev–Trinajstić information content (AvgIpc) is 2.51. The van der Waals surface area contributed by atoms with E-state index in [1.165, 1.54) is 0 Å². The van der Waals surface area contributed by atoms with Crippen LogP contribution < -0.4 is 5.32 Å². The van der Waals surface area contributed by atoms with E-state index in [1.54, 1.807) is 11.3 Å². The number of nitrogens with zero attached hydrogens (tertiary/aromatic N) is 1. The van der Waals surface area contributed by atoms with Gasteiger partial charge in [-0.2, -0.15) is 13.2 Å². The first-order chi connectivity index (χ1) is 7.79. The number of thioether (sulfide) groups is 1. The lowest BCUT2D eigenvalue weighted by atomic mass is 10.2. The fourth-order valence-corrected chi connectivity index (χ4v) is 2.89. The van der Waals surface area contributed by atoms with E-state index in [-0.39, 0.29) is 23.6 Å². The standard InChI is InChI=1S/C10H15F3N2S2/c1-6(9-7(2)15-8(3)17-9)14-4-5-16-10(11,12)13/h6,14H,4-5H2,1-3H3. The minimum absolute atomic E-state index is 0.00543. The highest BCUT2D eigenvalue weighted by Gasteiger charge is 2.27. The highest BCUT2D eigenvalue weighted by molar-refractivity contribution is 8.00. The molecule has 98 valence electrons. The quantitative estimate of drug-likeness (QED) is 0.835. The van der Waals surface area contributed by atoms with Gasteiger partial charge in [-0.15, -0.1) is 11.3 Å². The maximum absolute atomic E-state index is 11.9. The third-order valence-corrected chi connectivity index (χ3v) is 4.14. The van der Waals surface area contributed by atoms with Crippen molar-refractivity contribution in [3.8, 4) is 0 Å². The lowest BCUT2D eigenvalue weighted by Crippen LogP contribution is -2.22. The van der Waals surface area contributed by atoms with Crippen LogP contribution in [0.4, 0.5) is 13.2 Å². The molecule has 0 amide bonds. The van der Waals surface area contributed by atoms with Crippen LogP contribution in [0.5, 0.6) is 0 Å². The van der Waals surface area contributed by atoms with Crippen LogP contribution in [-0.4, -0.2) is 22.8 Å². The molecule has 1 aromatic rings. The molecule has 2 nitrogen and oxygen atoms in total. The van der Waals surface area contributed by atoms with Crippen molar-refractivity contribution in [2.45, 2.75) is 32.3 Å². The van der Waals surface area contributed by atoms with Crippen LogP contribution >= 0.6 is 23.1 Å². The number of thiazole rings is 1. The van der Waals surface area contributed by atoms with E-state index < -0.39 is 5.51 Å². The molecule has 0 spiro atoms. The van der Waals surface area contributed by atoms with Crippen LogP contribution in [0.15, 0.2) is 0 Å². The van der Waals surface area contributed by atoms with Crippen molar-refractivity contribution in [1.82, 2.24) is 10.3 Å². The van der Waals surface area contributed by atoms with Crippen molar-refractivity contribution >= 4 is 23.1 Å². The Bertz CT molecular complexity index is 363. The average molecular weight is 284 g/mol. The zero-order valence-corrected chi connectivity index (χ0v) is 11.5. The third-order valence-electron chi connectivity index (χ3n) is 2.15. The summed E-state index contributed by atoms with van der Waals surface area (Å²) in [5, 5.41) is 4.06. The van der Waals surface area contributed by atoms with Gasteiger partial charge in [0.2, 0.25) is 0 Å². The minimum Gasteiger partial charge on any atom is -0.309 e. The second-order valence-electron chi connectivity index (χ2n) is 3.65. The van der Waals surface area contributed by atoms with Crippen molar-refractivity contribution < 1.29 is 13.2 Å². The predicted octanol–water partition coefficient (Wildman–Crippen LogP) is 3.66. The number of rotatable bonds is 5. The van der Waals surface area contributed by atoms with Gasteiger partial charge in [0.1, 0.15) is 0 Å². The molecule has 1 aromatic heterocycles. The van der Waals surface area contributed by atoms with E-state index in [9.17, 15) is 13.2 Å². The Labute approximate surface area is 107 Å². The summed E-state index contributed by atoms with van der Waals surface area (Å²) in [6.45, 7) is 6.12. The van der Waals surface area contributed by atoms with E-state index in [0.29, 0.717) is 6.54 Å². The first-order valence-corrected chi connectivity index (χ1v) is 6.98. The SMILES string of the molecule is Cc1nc(C)c(C(C)NCCSC(F)(F)F)s1. The fourth-order valence-electron chi connectivity index (χ4n) is 1.48. The number of halogens is 3. The summed E-state index contributed by atoms with van der Waals surface area (Å²) in [7, 11) is 0. The summed E-state index contributed by atoms with van der Waals surface area (Å²) in [4.78, 5) is 5.39. The van der Waals surface area contributed by atoms with Crippen molar-refractivity contribution in [1.29, 1.82) is 0 Å². The first kappa shape index (κ1) is 14.8. The molecule has 17 heavy (non-hydrogen) atoms. The van der Waals surface area contributed by atoms with E-state index in [2.05, 4.69) is 10.3 Å². The van der Waals surface area contributed by atoms with Gasteiger partial charge in [0.15, 0.2) is 0 Å². The van der Waals surface area contributed by atoms with Gasteiger partial charge in [-0.05, 0) is 32.5 Å². The van der Waals surface area contributed by atoms with E-state index in [0.717, 1.165) is 15.6 Å². The molecular weight excluding hydrogens is 269 g/mol. The molecule has 1 atom stereocenters. The third kappa shape index (κ3) is 5.27. The molecule has 0 fully saturated rings. The Kier molecular flexibility index (Phi) is 5.27. The Balaban J connectivity index is 2.35. The van der Waals surface area contributed by atoms with Crippen molar-refractivity contribution in [3.63, 3.8) is 0 Å². The molecule has 0 aliphatic rings. The molecule has 0 radical (unpaired) electrons. The van der Waals surface area contributed by atoms with Crippen LogP contribution in [0.3, 0.4) is 0 Å². The van der Waals surface area contributed by atoms with Crippen LogP contribution in [0.1, 0.15) is 28.5 Å². The smallest absolute Gasteiger partial charge is 0.309 e. The van der Waals surface area contributed by atoms with Gasteiger partial charge >= 0.3 is 5.51 Å². The molecule has 0 bridgehead atoms. The lowest BCUT2D eigenvalue weighted by molar-refractivity contribution is -0.0327. The largest absolute Gasteiger partial charge is 0.441 e. The predicted molar refractivity (Wildman–Crippen MR) is 66.5 cm³/mol. The first-order valence-electron chi connectivity index (χ1n) is 5.17. The minimum atomic E-state index is -4.14. The normalized spacial score (nSPS) is 14.0. The molecule has 1 unspecified atom stereocenters. The van der Waals surface area contributed by atoms with Crippen molar-refractivity contribution in [3.05, 3.63) is 15.6 Å². The second kappa shape index (κ2) is 6.06. The van der Waals surface area contributed by atoms with Crippen molar-refractivity contribution in [2.75, 3.05) is 12.3 Å². The molecule has 0 aromatic carbocycles. The summed E-state index contributed by atoms with van der Waals surface area (Å²) in [5.74, 6) is 0.0324. The summed E-state index contributed by atoms with van der Waals surface area (Å²) in [5.41, 5.74) is -3.18. The van der Waals surface area contributed by atoms with Gasteiger partial charge in [0.05, 0.1) is 10.7 Å². The Morgan fingerprint density at radius 3 is 2.53 bits per heavy atom. The van der Waals surface area contributed by atoms with E-state index in [4.69, 9.17) is 0 Å². The van der Waals surface area contributed by atoms with Gasteiger partial charge in [0, 0.05) is 23.2 Å². The number of hydrogen-bond acceptors (Lipinski definition) is 4. The van der Waals surface area contributed by atoms with E-state index in [1.807, 2.05) is 20.8 Å². The molecule has 0 saturated carbocycles. The molecule has 1 heterocycles. The zero-order valence-electron chi connectivity index (χ0n) is 9.89. The number of alkyl halides is 3. The lowest BCUT2D eigenvalue weighted by Gasteiger charge is -2.13. The Morgan fingerprint density at radius 1 is 1.41 bits per heavy atom.